The summed E-state index contributed by atoms with van der Waals surface area (Å²) in [4.78, 5) is 16.2. The first-order chi connectivity index (χ1) is 13.5. The molecule has 7 heteroatoms. The van der Waals surface area contributed by atoms with E-state index in [4.69, 9.17) is 9.26 Å². The number of aromatic nitrogens is 2. The van der Waals surface area contributed by atoms with E-state index in [-0.39, 0.29) is 12.1 Å². The Kier molecular flexibility index (Phi) is 6.06. The Labute approximate surface area is 163 Å². The molecule has 0 aliphatic carbocycles. The second-order valence-electron chi connectivity index (χ2n) is 6.40. The first-order valence-electron chi connectivity index (χ1n) is 8.87. The Morgan fingerprint density at radius 3 is 2.64 bits per heavy atom. The van der Waals surface area contributed by atoms with Crippen LogP contribution in [0.3, 0.4) is 0 Å². The molecule has 0 fully saturated rings. The minimum absolute atomic E-state index is 0.0560. The zero-order valence-electron chi connectivity index (χ0n) is 16.0. The third kappa shape index (κ3) is 5.20. The van der Waals surface area contributed by atoms with Crippen LogP contribution in [-0.4, -0.2) is 29.3 Å². The predicted octanol–water partition coefficient (Wildman–Crippen LogP) is 4.45. The van der Waals surface area contributed by atoms with Gasteiger partial charge in [-0.3, -0.25) is 0 Å². The number of ether oxygens (including phenoxy) is 1. The van der Waals surface area contributed by atoms with Crippen molar-refractivity contribution in [3.05, 3.63) is 60.0 Å². The van der Waals surface area contributed by atoms with E-state index in [1.807, 2.05) is 56.3 Å². The number of nitrogens with zero attached hydrogens (tertiary/aromatic N) is 2. The summed E-state index contributed by atoms with van der Waals surface area (Å²) in [6.07, 6.45) is 3.63. The highest BCUT2D eigenvalue weighted by atomic mass is 16.5. The van der Waals surface area contributed by atoms with Crippen LogP contribution in [0.2, 0.25) is 0 Å². The number of anilines is 1. The van der Waals surface area contributed by atoms with Crippen LogP contribution in [0.1, 0.15) is 25.3 Å². The van der Waals surface area contributed by atoms with E-state index in [1.165, 1.54) is 0 Å². The lowest BCUT2D eigenvalue weighted by Crippen LogP contribution is -2.34. The number of rotatable bonds is 6. The maximum atomic E-state index is 11.8. The van der Waals surface area contributed by atoms with Gasteiger partial charge in [-0.05, 0) is 49.8 Å². The number of carbonyl (C=O) groups excluding carboxylic acids is 1. The van der Waals surface area contributed by atoms with E-state index in [0.29, 0.717) is 17.4 Å². The van der Waals surface area contributed by atoms with Gasteiger partial charge < -0.3 is 19.9 Å². The molecule has 0 radical (unpaired) electrons. The van der Waals surface area contributed by atoms with Crippen molar-refractivity contribution >= 4 is 23.9 Å². The number of hydrogen-bond donors (Lipinski definition) is 2. The number of carbonyl (C=O) groups is 1. The van der Waals surface area contributed by atoms with Crippen LogP contribution in [-0.2, 0) is 0 Å². The SMILES string of the molecule is COc1ccc(C=Cc2nc(-c3cccc(NC(=O)NC(C)C)c3)no2)cc1. The largest absolute Gasteiger partial charge is 0.497 e. The zero-order chi connectivity index (χ0) is 19.9. The molecular formula is C21H22N4O3. The molecule has 144 valence electrons. The number of methoxy groups -OCH3 is 1. The number of benzene rings is 2. The molecule has 3 aromatic rings. The maximum Gasteiger partial charge on any atom is 0.319 e. The molecule has 3 rings (SSSR count). The summed E-state index contributed by atoms with van der Waals surface area (Å²) < 4.78 is 10.4. The average Bonchev–Trinajstić information content (AvgIpc) is 3.15. The first-order valence-corrected chi connectivity index (χ1v) is 8.87. The lowest BCUT2D eigenvalue weighted by molar-refractivity contribution is 0.250. The maximum absolute atomic E-state index is 11.8. The molecule has 0 saturated carbocycles. The third-order valence-electron chi connectivity index (χ3n) is 3.77. The Morgan fingerprint density at radius 1 is 1.14 bits per heavy atom. The van der Waals surface area contributed by atoms with Crippen LogP contribution in [0, 0.1) is 0 Å². The molecule has 0 bridgehead atoms. The fourth-order valence-electron chi connectivity index (χ4n) is 2.47. The third-order valence-corrected chi connectivity index (χ3v) is 3.77. The molecule has 2 N–H and O–H groups in total. The van der Waals surface area contributed by atoms with Gasteiger partial charge in [0.2, 0.25) is 5.82 Å². The van der Waals surface area contributed by atoms with Gasteiger partial charge in [-0.2, -0.15) is 4.98 Å². The van der Waals surface area contributed by atoms with Crippen molar-refractivity contribution in [2.24, 2.45) is 0 Å². The minimum Gasteiger partial charge on any atom is -0.497 e. The summed E-state index contributed by atoms with van der Waals surface area (Å²) in [5, 5.41) is 9.57. The van der Waals surface area contributed by atoms with E-state index in [9.17, 15) is 4.79 Å². The van der Waals surface area contributed by atoms with Gasteiger partial charge in [-0.1, -0.05) is 29.4 Å². The molecular weight excluding hydrogens is 356 g/mol. The quantitative estimate of drug-likeness (QED) is 0.662. The molecule has 2 aromatic carbocycles. The normalized spacial score (nSPS) is 11.0. The fraction of sp³-hybridized carbons (Fsp3) is 0.190. The minimum atomic E-state index is -0.261. The molecule has 0 aliphatic rings. The van der Waals surface area contributed by atoms with Crippen molar-refractivity contribution in [1.82, 2.24) is 15.5 Å². The summed E-state index contributed by atoms with van der Waals surface area (Å²) in [5.74, 6) is 1.64. The van der Waals surface area contributed by atoms with Gasteiger partial charge in [0.05, 0.1) is 7.11 Å². The van der Waals surface area contributed by atoms with Crippen molar-refractivity contribution in [2.45, 2.75) is 19.9 Å². The smallest absolute Gasteiger partial charge is 0.319 e. The van der Waals surface area contributed by atoms with Crippen LogP contribution in [0.5, 0.6) is 5.75 Å². The van der Waals surface area contributed by atoms with Crippen molar-refractivity contribution in [1.29, 1.82) is 0 Å². The van der Waals surface area contributed by atoms with Crippen LogP contribution < -0.4 is 15.4 Å². The summed E-state index contributed by atoms with van der Waals surface area (Å²) in [5.41, 5.74) is 2.38. The Bertz CT molecular complexity index is 962. The van der Waals surface area contributed by atoms with Crippen molar-refractivity contribution < 1.29 is 14.1 Å². The molecule has 7 nitrogen and oxygen atoms in total. The molecule has 0 saturated heterocycles. The standard InChI is InChI=1S/C21H22N4O3/c1-14(2)22-21(26)23-17-6-4-5-16(13-17)20-24-19(28-25-20)12-9-15-7-10-18(27-3)11-8-15/h4-14H,1-3H3,(H2,22,23,26). The Balaban J connectivity index is 1.70. The van der Waals surface area contributed by atoms with Gasteiger partial charge in [0.25, 0.3) is 5.89 Å². The average molecular weight is 378 g/mol. The van der Waals surface area contributed by atoms with E-state index >= 15 is 0 Å². The van der Waals surface area contributed by atoms with Crippen molar-refractivity contribution in [3.63, 3.8) is 0 Å². The summed E-state index contributed by atoms with van der Waals surface area (Å²) in [6, 6.07) is 14.7. The number of amides is 2. The zero-order valence-corrected chi connectivity index (χ0v) is 16.0. The fourth-order valence-corrected chi connectivity index (χ4v) is 2.47. The van der Waals surface area contributed by atoms with Crippen molar-refractivity contribution in [2.75, 3.05) is 12.4 Å². The highest BCUT2D eigenvalue weighted by molar-refractivity contribution is 5.90. The van der Waals surface area contributed by atoms with Gasteiger partial charge in [-0.15, -0.1) is 0 Å². The number of urea groups is 1. The van der Waals surface area contributed by atoms with Gasteiger partial charge in [0, 0.05) is 23.4 Å². The van der Waals surface area contributed by atoms with Crippen LogP contribution in [0.15, 0.2) is 53.1 Å². The van der Waals surface area contributed by atoms with Gasteiger partial charge in [0.15, 0.2) is 0 Å². The first kappa shape index (κ1) is 19.2. The molecule has 1 heterocycles. The highest BCUT2D eigenvalue weighted by Crippen LogP contribution is 2.21. The Morgan fingerprint density at radius 2 is 1.93 bits per heavy atom. The molecule has 0 aliphatic heterocycles. The van der Waals surface area contributed by atoms with E-state index in [0.717, 1.165) is 16.9 Å². The van der Waals surface area contributed by atoms with E-state index < -0.39 is 0 Å². The van der Waals surface area contributed by atoms with E-state index in [2.05, 4.69) is 20.8 Å². The van der Waals surface area contributed by atoms with Gasteiger partial charge in [-0.25, -0.2) is 4.79 Å². The summed E-state index contributed by atoms with van der Waals surface area (Å²) in [7, 11) is 1.63. The van der Waals surface area contributed by atoms with Crippen molar-refractivity contribution in [3.8, 4) is 17.1 Å². The molecule has 28 heavy (non-hydrogen) atoms. The second kappa shape index (κ2) is 8.85. The molecule has 1 aromatic heterocycles. The lowest BCUT2D eigenvalue weighted by Gasteiger charge is -2.10. The van der Waals surface area contributed by atoms with Gasteiger partial charge in [0.1, 0.15) is 5.75 Å². The topological polar surface area (TPSA) is 89.3 Å². The highest BCUT2D eigenvalue weighted by Gasteiger charge is 2.09. The lowest BCUT2D eigenvalue weighted by atomic mass is 10.2. The Hall–Kier alpha value is -3.61. The second-order valence-corrected chi connectivity index (χ2v) is 6.40. The monoisotopic (exact) mass is 378 g/mol. The molecule has 0 atom stereocenters. The van der Waals surface area contributed by atoms with Crippen LogP contribution in [0.4, 0.5) is 10.5 Å². The summed E-state index contributed by atoms with van der Waals surface area (Å²) in [6.45, 7) is 3.80. The number of nitrogens with one attached hydrogen (secondary N) is 2. The van der Waals surface area contributed by atoms with E-state index in [1.54, 1.807) is 25.3 Å². The molecule has 0 unspecified atom stereocenters. The molecule has 0 spiro atoms. The molecule has 2 amide bonds. The predicted molar refractivity (Wildman–Crippen MR) is 109 cm³/mol. The van der Waals surface area contributed by atoms with Crippen LogP contribution in [0.25, 0.3) is 23.5 Å². The summed E-state index contributed by atoms with van der Waals surface area (Å²) >= 11 is 0. The van der Waals surface area contributed by atoms with Crippen LogP contribution >= 0.6 is 0 Å². The van der Waals surface area contributed by atoms with Gasteiger partial charge >= 0.3 is 6.03 Å². The number of hydrogen-bond acceptors (Lipinski definition) is 5.